The van der Waals surface area contributed by atoms with E-state index in [9.17, 15) is 4.79 Å². The molecule has 3 heteroatoms. The van der Waals surface area contributed by atoms with Crippen molar-refractivity contribution in [1.82, 2.24) is 0 Å². The quantitative estimate of drug-likeness (QED) is 0.701. The van der Waals surface area contributed by atoms with Gasteiger partial charge in [-0.2, -0.15) is 0 Å². The highest BCUT2D eigenvalue weighted by molar-refractivity contribution is 9.11. The Morgan fingerprint density at radius 3 is 2.11 bits per heavy atom. The van der Waals surface area contributed by atoms with Gasteiger partial charge in [-0.15, -0.1) is 0 Å². The van der Waals surface area contributed by atoms with Crippen LogP contribution in [0.1, 0.15) is 21.5 Å². The van der Waals surface area contributed by atoms with Crippen LogP contribution in [0.25, 0.3) is 0 Å². The average molecular weight is 368 g/mol. The Balaban J connectivity index is 2.19. The van der Waals surface area contributed by atoms with Gasteiger partial charge in [-0.05, 0) is 30.7 Å². The van der Waals surface area contributed by atoms with Crippen LogP contribution >= 0.6 is 31.9 Å². The number of halogens is 2. The molecule has 2 rings (SSSR count). The Labute approximate surface area is 123 Å². The van der Waals surface area contributed by atoms with Crippen molar-refractivity contribution in [3.63, 3.8) is 0 Å². The first-order chi connectivity index (χ1) is 8.54. The summed E-state index contributed by atoms with van der Waals surface area (Å²) in [5.41, 5.74) is 2.97. The number of ketones is 1. The van der Waals surface area contributed by atoms with E-state index in [-0.39, 0.29) is 5.78 Å². The molecule has 0 aliphatic carbocycles. The second-order valence-corrected chi connectivity index (χ2v) is 6.08. The maximum Gasteiger partial charge on any atom is 0.167 e. The van der Waals surface area contributed by atoms with Crippen LogP contribution in [-0.2, 0) is 6.42 Å². The summed E-state index contributed by atoms with van der Waals surface area (Å²) >= 11 is 6.79. The SMILES string of the molecule is Cc1ccc(CC(=O)c2cc(Br)cc(Br)c2)cc1. The number of aryl methyl sites for hydroxylation is 1. The first-order valence-electron chi connectivity index (χ1n) is 5.59. The van der Waals surface area contributed by atoms with Crippen LogP contribution in [0.15, 0.2) is 51.4 Å². The van der Waals surface area contributed by atoms with Crippen LogP contribution in [0.5, 0.6) is 0 Å². The van der Waals surface area contributed by atoms with Crippen molar-refractivity contribution in [2.75, 3.05) is 0 Å². The Hall–Kier alpha value is -0.930. The van der Waals surface area contributed by atoms with E-state index < -0.39 is 0 Å². The smallest absolute Gasteiger partial charge is 0.167 e. The molecule has 0 aliphatic heterocycles. The van der Waals surface area contributed by atoms with Crippen LogP contribution in [0.4, 0.5) is 0 Å². The van der Waals surface area contributed by atoms with Gasteiger partial charge in [0.1, 0.15) is 0 Å². The molecule has 0 saturated carbocycles. The lowest BCUT2D eigenvalue weighted by molar-refractivity contribution is 0.0993. The highest BCUT2D eigenvalue weighted by Crippen LogP contribution is 2.21. The van der Waals surface area contributed by atoms with Gasteiger partial charge in [-0.1, -0.05) is 61.7 Å². The third-order valence-corrected chi connectivity index (χ3v) is 3.59. The Kier molecular flexibility index (Phi) is 4.36. The normalized spacial score (nSPS) is 10.4. The molecule has 0 N–H and O–H groups in total. The molecule has 0 atom stereocenters. The molecule has 0 amide bonds. The Morgan fingerprint density at radius 2 is 1.56 bits per heavy atom. The summed E-state index contributed by atoms with van der Waals surface area (Å²) in [5, 5.41) is 0. The Morgan fingerprint density at radius 1 is 1.00 bits per heavy atom. The molecule has 0 spiro atoms. The molecule has 2 aromatic rings. The number of carbonyl (C=O) groups excluding carboxylic acids is 1. The van der Waals surface area contributed by atoms with Crippen molar-refractivity contribution in [3.05, 3.63) is 68.1 Å². The van der Waals surface area contributed by atoms with E-state index in [1.807, 2.05) is 49.4 Å². The van der Waals surface area contributed by atoms with Crippen molar-refractivity contribution in [2.24, 2.45) is 0 Å². The predicted molar refractivity (Wildman–Crippen MR) is 81.1 cm³/mol. The van der Waals surface area contributed by atoms with E-state index in [1.54, 1.807) is 0 Å². The summed E-state index contributed by atoms with van der Waals surface area (Å²) in [6.07, 6.45) is 0.434. The largest absolute Gasteiger partial charge is 0.294 e. The van der Waals surface area contributed by atoms with Gasteiger partial charge in [-0.25, -0.2) is 0 Å². The number of hydrogen-bond donors (Lipinski definition) is 0. The fourth-order valence-electron chi connectivity index (χ4n) is 1.71. The van der Waals surface area contributed by atoms with Crippen molar-refractivity contribution in [2.45, 2.75) is 13.3 Å². The van der Waals surface area contributed by atoms with E-state index in [1.165, 1.54) is 5.56 Å². The summed E-state index contributed by atoms with van der Waals surface area (Å²) in [6.45, 7) is 2.04. The van der Waals surface area contributed by atoms with Gasteiger partial charge in [0.15, 0.2) is 5.78 Å². The fourth-order valence-corrected chi connectivity index (χ4v) is 3.00. The molecule has 18 heavy (non-hydrogen) atoms. The van der Waals surface area contributed by atoms with Crippen LogP contribution in [-0.4, -0.2) is 5.78 Å². The molecule has 0 bridgehead atoms. The standard InChI is InChI=1S/C15H12Br2O/c1-10-2-4-11(5-3-10)6-15(18)12-7-13(16)9-14(17)8-12/h2-5,7-9H,6H2,1H3. The van der Waals surface area contributed by atoms with Crippen molar-refractivity contribution in [3.8, 4) is 0 Å². The third-order valence-electron chi connectivity index (χ3n) is 2.67. The summed E-state index contributed by atoms with van der Waals surface area (Å²) in [7, 11) is 0. The summed E-state index contributed by atoms with van der Waals surface area (Å²) in [4.78, 5) is 12.2. The van der Waals surface area contributed by atoms with E-state index >= 15 is 0 Å². The third kappa shape index (κ3) is 3.53. The molecule has 0 aromatic heterocycles. The molecule has 0 unspecified atom stereocenters. The van der Waals surface area contributed by atoms with Gasteiger partial charge < -0.3 is 0 Å². The summed E-state index contributed by atoms with van der Waals surface area (Å²) in [5.74, 6) is 0.126. The summed E-state index contributed by atoms with van der Waals surface area (Å²) in [6, 6.07) is 13.7. The number of carbonyl (C=O) groups is 1. The molecule has 0 saturated heterocycles. The minimum absolute atomic E-state index is 0.126. The van der Waals surface area contributed by atoms with E-state index in [0.29, 0.717) is 6.42 Å². The molecule has 0 heterocycles. The van der Waals surface area contributed by atoms with Crippen molar-refractivity contribution >= 4 is 37.6 Å². The second kappa shape index (κ2) is 5.81. The zero-order chi connectivity index (χ0) is 13.1. The summed E-state index contributed by atoms with van der Waals surface area (Å²) < 4.78 is 1.81. The minimum atomic E-state index is 0.126. The van der Waals surface area contributed by atoms with E-state index in [0.717, 1.165) is 20.1 Å². The predicted octanol–water partition coefficient (Wildman–Crippen LogP) is 4.95. The molecule has 2 aromatic carbocycles. The molecular formula is C15H12Br2O. The van der Waals surface area contributed by atoms with Gasteiger partial charge in [0.05, 0.1) is 0 Å². The van der Waals surface area contributed by atoms with Crippen molar-refractivity contribution in [1.29, 1.82) is 0 Å². The molecule has 1 nitrogen and oxygen atoms in total. The minimum Gasteiger partial charge on any atom is -0.294 e. The Bertz CT molecular complexity index is 553. The maximum atomic E-state index is 12.2. The maximum absolute atomic E-state index is 12.2. The molecule has 0 radical (unpaired) electrons. The molecule has 92 valence electrons. The van der Waals surface area contributed by atoms with Gasteiger partial charge in [0.2, 0.25) is 0 Å². The van der Waals surface area contributed by atoms with Crippen molar-refractivity contribution < 1.29 is 4.79 Å². The first-order valence-corrected chi connectivity index (χ1v) is 7.18. The number of Topliss-reactive ketones (excluding diaryl/α,β-unsaturated/α-hetero) is 1. The van der Waals surface area contributed by atoms with Crippen LogP contribution in [0, 0.1) is 6.92 Å². The molecule has 0 fully saturated rings. The van der Waals surface area contributed by atoms with Gasteiger partial charge in [0.25, 0.3) is 0 Å². The van der Waals surface area contributed by atoms with Gasteiger partial charge in [-0.3, -0.25) is 4.79 Å². The lowest BCUT2D eigenvalue weighted by Crippen LogP contribution is -2.03. The lowest BCUT2D eigenvalue weighted by atomic mass is 10.0. The monoisotopic (exact) mass is 366 g/mol. The zero-order valence-corrected chi connectivity index (χ0v) is 13.1. The van der Waals surface area contributed by atoms with E-state index in [4.69, 9.17) is 0 Å². The highest BCUT2D eigenvalue weighted by Gasteiger charge is 2.08. The van der Waals surface area contributed by atoms with E-state index in [2.05, 4.69) is 31.9 Å². The van der Waals surface area contributed by atoms with Crippen LogP contribution < -0.4 is 0 Å². The fraction of sp³-hybridized carbons (Fsp3) is 0.133. The topological polar surface area (TPSA) is 17.1 Å². The second-order valence-electron chi connectivity index (χ2n) is 4.24. The zero-order valence-electron chi connectivity index (χ0n) is 9.91. The molecular weight excluding hydrogens is 356 g/mol. The average Bonchev–Trinajstić information content (AvgIpc) is 2.31. The van der Waals surface area contributed by atoms with Crippen LogP contribution in [0.3, 0.4) is 0 Å². The molecule has 0 aliphatic rings. The van der Waals surface area contributed by atoms with Gasteiger partial charge in [0, 0.05) is 20.9 Å². The first kappa shape index (κ1) is 13.5. The number of benzene rings is 2. The number of hydrogen-bond acceptors (Lipinski definition) is 1. The highest BCUT2D eigenvalue weighted by atomic mass is 79.9. The van der Waals surface area contributed by atoms with Crippen LogP contribution in [0.2, 0.25) is 0 Å². The van der Waals surface area contributed by atoms with Gasteiger partial charge >= 0.3 is 0 Å². The number of rotatable bonds is 3. The lowest BCUT2D eigenvalue weighted by Gasteiger charge is -2.04.